The number of nitrogens with zero attached hydrogens (tertiary/aromatic N) is 6. The van der Waals surface area contributed by atoms with E-state index in [1.807, 2.05) is 27.7 Å². The lowest BCUT2D eigenvalue weighted by atomic mass is 10.1. The summed E-state index contributed by atoms with van der Waals surface area (Å²) in [4.78, 5) is 24.0. The summed E-state index contributed by atoms with van der Waals surface area (Å²) in [7, 11) is 0. The van der Waals surface area contributed by atoms with Crippen LogP contribution in [-0.2, 0) is 19.3 Å². The van der Waals surface area contributed by atoms with Crippen LogP contribution >= 0.6 is 11.3 Å². The first-order chi connectivity index (χ1) is 16.9. The number of alkyl halides is 3. The fourth-order valence-electron chi connectivity index (χ4n) is 4.00. The van der Waals surface area contributed by atoms with Crippen molar-refractivity contribution in [3.63, 3.8) is 0 Å². The number of amides is 1. The van der Waals surface area contributed by atoms with E-state index in [-0.39, 0.29) is 47.0 Å². The zero-order chi connectivity index (χ0) is 26.1. The van der Waals surface area contributed by atoms with Crippen molar-refractivity contribution in [3.8, 4) is 10.4 Å². The lowest BCUT2D eigenvalue weighted by Crippen LogP contribution is -2.34. The van der Waals surface area contributed by atoms with E-state index in [4.69, 9.17) is 0 Å². The van der Waals surface area contributed by atoms with E-state index in [9.17, 15) is 18.0 Å². The van der Waals surface area contributed by atoms with Crippen LogP contribution in [0.5, 0.6) is 0 Å². The molecule has 4 rings (SSSR count). The zero-order valence-electron chi connectivity index (χ0n) is 20.4. The number of carbonyl (C=O) groups is 1. The number of aromatic amines is 1. The molecule has 4 heterocycles. The SMILES string of the molecule is C[C@H]1CCCN1C(=O)c1nc(CNCc2nn[nH]n2)sc1-c1cnc(NC(C)(C)C)cc1C(F)(F)F. The van der Waals surface area contributed by atoms with Crippen LogP contribution in [0.25, 0.3) is 10.4 Å². The van der Waals surface area contributed by atoms with Gasteiger partial charge in [0.05, 0.1) is 17.0 Å². The van der Waals surface area contributed by atoms with E-state index < -0.39 is 17.3 Å². The summed E-state index contributed by atoms with van der Waals surface area (Å²) in [6.45, 7) is 8.47. The van der Waals surface area contributed by atoms with Crippen molar-refractivity contribution in [3.05, 3.63) is 34.4 Å². The minimum atomic E-state index is -4.66. The summed E-state index contributed by atoms with van der Waals surface area (Å²) < 4.78 is 42.6. The van der Waals surface area contributed by atoms with Gasteiger partial charge in [-0.3, -0.25) is 4.79 Å². The van der Waals surface area contributed by atoms with E-state index in [1.165, 1.54) is 6.20 Å². The molecule has 194 valence electrons. The summed E-state index contributed by atoms with van der Waals surface area (Å²) in [5, 5.41) is 20.1. The Morgan fingerprint density at radius 3 is 2.67 bits per heavy atom. The number of halogens is 3. The number of likely N-dealkylation sites (tertiary alicyclic amines) is 1. The van der Waals surface area contributed by atoms with Crippen LogP contribution in [0, 0.1) is 0 Å². The largest absolute Gasteiger partial charge is 0.417 e. The van der Waals surface area contributed by atoms with Gasteiger partial charge in [-0.15, -0.1) is 21.5 Å². The zero-order valence-corrected chi connectivity index (χ0v) is 21.2. The van der Waals surface area contributed by atoms with Crippen molar-refractivity contribution in [1.29, 1.82) is 0 Å². The Balaban J connectivity index is 1.73. The lowest BCUT2D eigenvalue weighted by molar-refractivity contribution is -0.137. The van der Waals surface area contributed by atoms with Gasteiger partial charge in [0.25, 0.3) is 5.91 Å². The third kappa shape index (κ3) is 5.98. The summed E-state index contributed by atoms with van der Waals surface area (Å²) in [6, 6.07) is 0.978. The minimum Gasteiger partial charge on any atom is -0.365 e. The number of hydrogen-bond acceptors (Lipinski definition) is 9. The van der Waals surface area contributed by atoms with E-state index in [0.29, 0.717) is 17.4 Å². The molecule has 0 bridgehead atoms. The monoisotopic (exact) mass is 523 g/mol. The second-order valence-electron chi connectivity index (χ2n) is 9.69. The molecule has 1 atom stereocenters. The molecule has 3 aromatic rings. The van der Waals surface area contributed by atoms with Gasteiger partial charge in [-0.2, -0.15) is 18.4 Å². The maximum absolute atomic E-state index is 14.2. The van der Waals surface area contributed by atoms with Crippen molar-refractivity contribution >= 4 is 23.1 Å². The van der Waals surface area contributed by atoms with Crippen LogP contribution < -0.4 is 10.6 Å². The maximum Gasteiger partial charge on any atom is 0.417 e. The first kappa shape index (κ1) is 25.9. The number of anilines is 1. The number of aromatic nitrogens is 6. The van der Waals surface area contributed by atoms with Gasteiger partial charge in [0.1, 0.15) is 16.5 Å². The number of H-pyrrole nitrogens is 1. The Morgan fingerprint density at radius 1 is 1.28 bits per heavy atom. The Morgan fingerprint density at radius 2 is 2.06 bits per heavy atom. The first-order valence-electron chi connectivity index (χ1n) is 11.5. The van der Waals surface area contributed by atoms with Crippen LogP contribution in [-0.4, -0.2) is 59.5 Å². The molecule has 1 aliphatic heterocycles. The molecule has 10 nitrogen and oxygen atoms in total. The second-order valence-corrected chi connectivity index (χ2v) is 10.8. The van der Waals surface area contributed by atoms with Gasteiger partial charge in [0.15, 0.2) is 5.82 Å². The van der Waals surface area contributed by atoms with Gasteiger partial charge in [0.2, 0.25) is 0 Å². The van der Waals surface area contributed by atoms with Gasteiger partial charge in [-0.1, -0.05) is 5.21 Å². The number of hydrogen-bond donors (Lipinski definition) is 3. The van der Waals surface area contributed by atoms with Gasteiger partial charge >= 0.3 is 6.18 Å². The number of rotatable bonds is 7. The third-order valence-corrected chi connectivity index (χ3v) is 6.68. The fourth-order valence-corrected chi connectivity index (χ4v) is 5.05. The molecule has 0 aliphatic carbocycles. The number of thiazole rings is 1. The molecule has 3 aromatic heterocycles. The fraction of sp³-hybridized carbons (Fsp3) is 0.545. The average Bonchev–Trinajstić information content (AvgIpc) is 3.53. The Hall–Kier alpha value is -3.13. The van der Waals surface area contributed by atoms with Crippen molar-refractivity contribution in [2.45, 2.75) is 71.4 Å². The topological polar surface area (TPSA) is 125 Å². The molecule has 3 N–H and O–H groups in total. The summed E-state index contributed by atoms with van der Waals surface area (Å²) in [5.74, 6) is 0.159. The Labute approximate surface area is 210 Å². The summed E-state index contributed by atoms with van der Waals surface area (Å²) in [6.07, 6.45) is -1.80. The molecule has 0 unspecified atom stereocenters. The number of nitrogens with one attached hydrogen (secondary N) is 3. The molecule has 0 spiro atoms. The smallest absolute Gasteiger partial charge is 0.365 e. The van der Waals surface area contributed by atoms with Crippen LogP contribution in [0.1, 0.15) is 67.4 Å². The summed E-state index contributed by atoms with van der Waals surface area (Å²) in [5.41, 5.74) is -1.51. The average molecular weight is 524 g/mol. The molecular formula is C22H28F3N9OS. The predicted molar refractivity (Wildman–Crippen MR) is 128 cm³/mol. The third-order valence-electron chi connectivity index (χ3n) is 5.59. The quantitative estimate of drug-likeness (QED) is 0.426. The molecule has 0 radical (unpaired) electrons. The Bertz CT molecular complexity index is 1200. The highest BCUT2D eigenvalue weighted by molar-refractivity contribution is 7.15. The predicted octanol–water partition coefficient (Wildman–Crippen LogP) is 3.86. The van der Waals surface area contributed by atoms with Gasteiger partial charge in [-0.05, 0) is 46.6 Å². The maximum atomic E-state index is 14.2. The highest BCUT2D eigenvalue weighted by atomic mass is 32.1. The molecule has 1 fully saturated rings. The van der Waals surface area contributed by atoms with Crippen LogP contribution in [0.3, 0.4) is 0 Å². The van der Waals surface area contributed by atoms with Gasteiger partial charge < -0.3 is 15.5 Å². The van der Waals surface area contributed by atoms with Crippen LogP contribution in [0.4, 0.5) is 19.0 Å². The van der Waals surface area contributed by atoms with E-state index in [1.54, 1.807) is 4.90 Å². The molecular weight excluding hydrogens is 495 g/mol. The van der Waals surface area contributed by atoms with Crippen molar-refractivity contribution in [1.82, 2.24) is 40.8 Å². The second kappa shape index (κ2) is 10.1. The summed E-state index contributed by atoms with van der Waals surface area (Å²) >= 11 is 1.04. The van der Waals surface area contributed by atoms with Crippen molar-refractivity contribution in [2.24, 2.45) is 0 Å². The Kier molecular flexibility index (Phi) is 7.27. The van der Waals surface area contributed by atoms with Crippen molar-refractivity contribution in [2.75, 3.05) is 11.9 Å². The number of pyridine rings is 1. The van der Waals surface area contributed by atoms with Gasteiger partial charge in [0, 0.05) is 36.4 Å². The molecule has 0 aromatic carbocycles. The van der Waals surface area contributed by atoms with E-state index in [0.717, 1.165) is 30.2 Å². The molecule has 1 aliphatic rings. The van der Waals surface area contributed by atoms with E-state index >= 15 is 0 Å². The standard InChI is InChI=1S/C22H28F3N9OS/c1-12-6-5-7-34(12)20(35)18-19(36-17(28-18)11-26-10-16-30-32-33-31-16)13-9-27-15(29-21(2,3)4)8-14(13)22(23,24)25/h8-9,12,26H,5-7,10-11H2,1-4H3,(H,27,29)(H,30,31,32,33)/t12-/m0/s1. The first-order valence-corrected chi connectivity index (χ1v) is 12.3. The molecule has 1 saturated heterocycles. The molecule has 0 saturated carbocycles. The van der Waals surface area contributed by atoms with Crippen LogP contribution in [0.15, 0.2) is 12.3 Å². The highest BCUT2D eigenvalue weighted by Gasteiger charge is 2.38. The number of carbonyl (C=O) groups excluding carboxylic acids is 1. The number of tetrazole rings is 1. The normalized spacial score (nSPS) is 16.5. The molecule has 1 amide bonds. The van der Waals surface area contributed by atoms with Crippen molar-refractivity contribution < 1.29 is 18.0 Å². The highest BCUT2D eigenvalue weighted by Crippen LogP contribution is 2.42. The lowest BCUT2D eigenvalue weighted by Gasteiger charge is -2.23. The molecule has 14 heteroatoms. The van der Waals surface area contributed by atoms with Crippen LogP contribution in [0.2, 0.25) is 0 Å². The van der Waals surface area contributed by atoms with Gasteiger partial charge in [-0.25, -0.2) is 9.97 Å². The van der Waals surface area contributed by atoms with E-state index in [2.05, 4.69) is 41.2 Å². The minimum absolute atomic E-state index is 0.00828. The molecule has 36 heavy (non-hydrogen) atoms.